The van der Waals surface area contributed by atoms with E-state index in [2.05, 4.69) is 0 Å². The number of ether oxygens (including phenoxy) is 3. The fraction of sp³-hybridized carbons (Fsp3) is 0.500. The Morgan fingerprint density at radius 3 is 1.94 bits per heavy atom. The third-order valence-corrected chi connectivity index (χ3v) is 2.03. The molecule has 2 N–H and O–H groups in total. The summed E-state index contributed by atoms with van der Waals surface area (Å²) in [6, 6.07) is 1.31. The van der Waals surface area contributed by atoms with Gasteiger partial charge in [0.1, 0.15) is 0 Å². The van der Waals surface area contributed by atoms with Gasteiger partial charge in [0.25, 0.3) is 0 Å². The highest BCUT2D eigenvalue weighted by molar-refractivity contribution is 5.64. The molecule has 5 nitrogen and oxygen atoms in total. The Bertz CT molecular complexity index is 376. The zero-order valence-corrected chi connectivity index (χ0v) is 10.3. The summed E-state index contributed by atoms with van der Waals surface area (Å²) in [5.41, 5.74) is 0. The van der Waals surface area contributed by atoms with Crippen molar-refractivity contribution in [3.8, 4) is 28.7 Å². The molecular formula is C12H18O5. The fourth-order valence-electron chi connectivity index (χ4n) is 1.42. The number of phenolic OH excluding ortho intramolecular Hbond substituents is 2. The molecule has 1 aromatic carbocycles. The summed E-state index contributed by atoms with van der Waals surface area (Å²) in [4.78, 5) is 0. The first-order valence-corrected chi connectivity index (χ1v) is 5.62. The van der Waals surface area contributed by atoms with Gasteiger partial charge >= 0.3 is 0 Å². The molecule has 96 valence electrons. The average molecular weight is 242 g/mol. The van der Waals surface area contributed by atoms with Crippen molar-refractivity contribution < 1.29 is 24.4 Å². The van der Waals surface area contributed by atoms with Gasteiger partial charge in [0.2, 0.25) is 17.2 Å². The highest BCUT2D eigenvalue weighted by Gasteiger charge is 2.21. The summed E-state index contributed by atoms with van der Waals surface area (Å²) in [6.07, 6.45) is 0. The predicted octanol–water partition coefficient (Wildman–Crippen LogP) is 2.29. The summed E-state index contributed by atoms with van der Waals surface area (Å²) in [7, 11) is 0. The van der Waals surface area contributed by atoms with Crippen LogP contribution in [0.4, 0.5) is 0 Å². The highest BCUT2D eigenvalue weighted by Crippen LogP contribution is 2.49. The van der Waals surface area contributed by atoms with E-state index in [1.807, 2.05) is 13.8 Å². The molecule has 0 heterocycles. The molecule has 1 aromatic rings. The minimum Gasteiger partial charge on any atom is -0.504 e. The molecule has 0 aliphatic carbocycles. The highest BCUT2D eigenvalue weighted by atomic mass is 16.5. The van der Waals surface area contributed by atoms with E-state index in [9.17, 15) is 10.2 Å². The SMILES string of the molecule is CCOc1cc(O)c(O)c(OCC)c1OCC. The van der Waals surface area contributed by atoms with E-state index >= 15 is 0 Å². The van der Waals surface area contributed by atoms with E-state index in [1.165, 1.54) is 6.07 Å². The molecule has 0 aromatic heterocycles. The van der Waals surface area contributed by atoms with Gasteiger partial charge in [0, 0.05) is 6.07 Å². The van der Waals surface area contributed by atoms with Crippen LogP contribution in [-0.4, -0.2) is 30.0 Å². The van der Waals surface area contributed by atoms with Crippen LogP contribution in [0, 0.1) is 0 Å². The Morgan fingerprint density at radius 1 is 0.882 bits per heavy atom. The lowest BCUT2D eigenvalue weighted by atomic mass is 10.2. The Hall–Kier alpha value is -1.78. The van der Waals surface area contributed by atoms with Gasteiger partial charge in [-0.15, -0.1) is 0 Å². The van der Waals surface area contributed by atoms with Crippen LogP contribution >= 0.6 is 0 Å². The summed E-state index contributed by atoms with van der Waals surface area (Å²) in [5.74, 6) is 0.150. The Labute approximate surface area is 101 Å². The van der Waals surface area contributed by atoms with Crippen LogP contribution in [0.1, 0.15) is 20.8 Å². The third-order valence-electron chi connectivity index (χ3n) is 2.03. The molecule has 1 rings (SSSR count). The van der Waals surface area contributed by atoms with Crippen molar-refractivity contribution in [1.29, 1.82) is 0 Å². The van der Waals surface area contributed by atoms with Gasteiger partial charge in [-0.2, -0.15) is 0 Å². The molecule has 0 aliphatic rings. The van der Waals surface area contributed by atoms with Gasteiger partial charge < -0.3 is 24.4 Å². The topological polar surface area (TPSA) is 68.2 Å². The lowest BCUT2D eigenvalue weighted by molar-refractivity contribution is 0.248. The second kappa shape index (κ2) is 6.08. The van der Waals surface area contributed by atoms with E-state index in [1.54, 1.807) is 6.92 Å². The van der Waals surface area contributed by atoms with Gasteiger partial charge in [-0.05, 0) is 20.8 Å². The average Bonchev–Trinajstić information content (AvgIpc) is 2.30. The molecule has 0 saturated carbocycles. The van der Waals surface area contributed by atoms with Gasteiger partial charge in [0.05, 0.1) is 19.8 Å². The van der Waals surface area contributed by atoms with Gasteiger partial charge in [-0.25, -0.2) is 0 Å². The third kappa shape index (κ3) is 2.87. The van der Waals surface area contributed by atoms with E-state index in [0.29, 0.717) is 31.3 Å². The zero-order chi connectivity index (χ0) is 12.8. The molecule has 0 aliphatic heterocycles. The molecule has 0 fully saturated rings. The lowest BCUT2D eigenvalue weighted by Crippen LogP contribution is -2.02. The minimum atomic E-state index is -0.334. The van der Waals surface area contributed by atoms with Crippen molar-refractivity contribution in [1.82, 2.24) is 0 Å². The van der Waals surface area contributed by atoms with Crippen LogP contribution in [0.15, 0.2) is 6.07 Å². The molecule has 17 heavy (non-hydrogen) atoms. The number of hydrogen-bond acceptors (Lipinski definition) is 5. The maximum absolute atomic E-state index is 9.72. The second-order valence-corrected chi connectivity index (χ2v) is 3.20. The largest absolute Gasteiger partial charge is 0.504 e. The van der Waals surface area contributed by atoms with Crippen LogP contribution in [0.3, 0.4) is 0 Å². The monoisotopic (exact) mass is 242 g/mol. The van der Waals surface area contributed by atoms with Crippen LogP contribution in [-0.2, 0) is 0 Å². The van der Waals surface area contributed by atoms with Gasteiger partial charge in [-0.3, -0.25) is 0 Å². The number of rotatable bonds is 6. The minimum absolute atomic E-state index is 0.109. The number of phenols is 2. The van der Waals surface area contributed by atoms with E-state index in [0.717, 1.165) is 0 Å². The second-order valence-electron chi connectivity index (χ2n) is 3.20. The lowest BCUT2D eigenvalue weighted by Gasteiger charge is -2.17. The van der Waals surface area contributed by atoms with Crippen molar-refractivity contribution in [2.24, 2.45) is 0 Å². The fourth-order valence-corrected chi connectivity index (χ4v) is 1.42. The van der Waals surface area contributed by atoms with Crippen molar-refractivity contribution >= 4 is 0 Å². The summed E-state index contributed by atoms with van der Waals surface area (Å²) < 4.78 is 16.0. The van der Waals surface area contributed by atoms with Gasteiger partial charge in [0.15, 0.2) is 11.5 Å². The molecule has 0 bridgehead atoms. The van der Waals surface area contributed by atoms with Crippen LogP contribution in [0.25, 0.3) is 0 Å². The molecule has 0 amide bonds. The number of benzene rings is 1. The molecule has 0 atom stereocenters. The van der Waals surface area contributed by atoms with E-state index in [-0.39, 0.29) is 17.2 Å². The molecule has 5 heteroatoms. The van der Waals surface area contributed by atoms with Crippen LogP contribution in [0.2, 0.25) is 0 Å². The summed E-state index contributed by atoms with van der Waals surface area (Å²) in [5, 5.41) is 19.3. The Kier molecular flexibility index (Phi) is 4.75. The standard InChI is InChI=1S/C12H18O5/c1-4-15-9-7-8(13)10(14)12(17-6-3)11(9)16-5-2/h7,13-14H,4-6H2,1-3H3. The zero-order valence-electron chi connectivity index (χ0n) is 10.3. The maximum Gasteiger partial charge on any atom is 0.211 e. The first kappa shape index (κ1) is 13.3. The van der Waals surface area contributed by atoms with E-state index < -0.39 is 0 Å². The molecule has 0 spiro atoms. The summed E-state index contributed by atoms with van der Waals surface area (Å²) in [6.45, 7) is 6.60. The molecule has 0 saturated heterocycles. The molecule has 0 radical (unpaired) electrons. The maximum atomic E-state index is 9.72. The van der Waals surface area contributed by atoms with Gasteiger partial charge in [-0.1, -0.05) is 0 Å². The van der Waals surface area contributed by atoms with Crippen molar-refractivity contribution in [2.45, 2.75) is 20.8 Å². The van der Waals surface area contributed by atoms with Crippen molar-refractivity contribution in [3.63, 3.8) is 0 Å². The van der Waals surface area contributed by atoms with Crippen molar-refractivity contribution in [3.05, 3.63) is 6.07 Å². The molecular weight excluding hydrogens is 224 g/mol. The van der Waals surface area contributed by atoms with Crippen LogP contribution < -0.4 is 14.2 Å². The number of hydrogen-bond donors (Lipinski definition) is 2. The van der Waals surface area contributed by atoms with E-state index in [4.69, 9.17) is 14.2 Å². The normalized spacial score (nSPS) is 10.1. The predicted molar refractivity (Wildman–Crippen MR) is 63.3 cm³/mol. The Balaban J connectivity index is 3.29. The first-order valence-electron chi connectivity index (χ1n) is 5.62. The summed E-state index contributed by atoms with van der Waals surface area (Å²) >= 11 is 0. The number of aromatic hydroxyl groups is 2. The Morgan fingerprint density at radius 2 is 1.41 bits per heavy atom. The smallest absolute Gasteiger partial charge is 0.211 e. The quantitative estimate of drug-likeness (QED) is 0.749. The first-order chi connectivity index (χ1) is 8.15. The van der Waals surface area contributed by atoms with Crippen LogP contribution in [0.5, 0.6) is 28.7 Å². The molecule has 0 unspecified atom stereocenters. The van der Waals surface area contributed by atoms with Crippen molar-refractivity contribution in [2.75, 3.05) is 19.8 Å².